The third-order valence-electron chi connectivity index (χ3n) is 2.59. The van der Waals surface area contributed by atoms with Gasteiger partial charge in [-0.15, -0.1) is 0 Å². The lowest BCUT2D eigenvalue weighted by atomic mass is 9.98. The molecule has 0 bridgehead atoms. The van der Waals surface area contributed by atoms with E-state index in [-0.39, 0.29) is 0 Å². The van der Waals surface area contributed by atoms with Crippen LogP contribution in [0.5, 0.6) is 0 Å². The summed E-state index contributed by atoms with van der Waals surface area (Å²) in [6.07, 6.45) is 2.20. The van der Waals surface area contributed by atoms with Gasteiger partial charge in [0, 0.05) is 13.1 Å². The summed E-state index contributed by atoms with van der Waals surface area (Å²) in [6, 6.07) is 0. The van der Waals surface area contributed by atoms with E-state index >= 15 is 0 Å². The highest BCUT2D eigenvalue weighted by Gasteiger charge is 2.19. The van der Waals surface area contributed by atoms with Gasteiger partial charge in [0.2, 0.25) is 0 Å². The molecule has 1 N–H and O–H groups in total. The van der Waals surface area contributed by atoms with Crippen molar-refractivity contribution in [3.05, 3.63) is 0 Å². The smallest absolute Gasteiger partial charge is 0.0925 e. The molecule has 0 spiro atoms. The Kier molecular flexibility index (Phi) is 4.90. The van der Waals surface area contributed by atoms with E-state index in [0.717, 1.165) is 25.9 Å². The van der Waals surface area contributed by atoms with E-state index in [1.807, 2.05) is 13.8 Å². The molecule has 0 aromatic carbocycles. The normalized spacial score (nSPS) is 18.6. The van der Waals surface area contributed by atoms with Gasteiger partial charge in [-0.1, -0.05) is 0 Å². The van der Waals surface area contributed by atoms with E-state index in [0.29, 0.717) is 25.0 Å². The zero-order valence-electron chi connectivity index (χ0n) is 9.08. The molecule has 4 heteroatoms. The second-order valence-corrected chi connectivity index (χ2v) is 3.71. The van der Waals surface area contributed by atoms with Gasteiger partial charge in [0.25, 0.3) is 0 Å². The molecule has 0 amide bonds. The van der Waals surface area contributed by atoms with E-state index in [1.165, 1.54) is 0 Å². The lowest BCUT2D eigenvalue weighted by Gasteiger charge is -2.32. The fraction of sp³-hybridized carbons (Fsp3) is 0.900. The van der Waals surface area contributed by atoms with Crippen LogP contribution in [0.1, 0.15) is 26.7 Å². The predicted octanol–water partition coefficient (Wildman–Crippen LogP) is 1.66. The zero-order chi connectivity index (χ0) is 10.4. The van der Waals surface area contributed by atoms with Crippen molar-refractivity contribution >= 4 is 5.84 Å². The van der Waals surface area contributed by atoms with E-state index < -0.39 is 0 Å². The second-order valence-electron chi connectivity index (χ2n) is 3.71. The van der Waals surface area contributed by atoms with Gasteiger partial charge in [-0.25, -0.2) is 9.78 Å². The molecule has 0 aromatic rings. The van der Waals surface area contributed by atoms with Crippen molar-refractivity contribution in [2.75, 3.05) is 26.3 Å². The van der Waals surface area contributed by atoms with E-state index in [9.17, 15) is 0 Å². The first-order valence-corrected chi connectivity index (χ1v) is 5.28. The molecule has 1 aliphatic rings. The molecular weight excluding hydrogens is 180 g/mol. The molecule has 0 atom stereocenters. The molecule has 14 heavy (non-hydrogen) atoms. The van der Waals surface area contributed by atoms with E-state index in [4.69, 9.17) is 15.2 Å². The van der Waals surface area contributed by atoms with Crippen molar-refractivity contribution in [1.82, 2.24) is 4.90 Å². The molecule has 0 radical (unpaired) electrons. The molecule has 0 aliphatic carbocycles. The van der Waals surface area contributed by atoms with Gasteiger partial charge >= 0.3 is 0 Å². The van der Waals surface area contributed by atoms with Crippen LogP contribution in [-0.2, 0) is 9.78 Å². The molecule has 82 valence electrons. The summed E-state index contributed by atoms with van der Waals surface area (Å²) in [6.45, 7) is 7.03. The Hall–Kier alpha value is -0.610. The first-order valence-electron chi connectivity index (χ1n) is 5.28. The molecular formula is C10H20N2O2. The Morgan fingerprint density at radius 1 is 1.36 bits per heavy atom. The Balaban J connectivity index is 2.12. The fourth-order valence-electron chi connectivity index (χ4n) is 1.66. The molecule has 1 saturated heterocycles. The Bertz CT molecular complexity index is 177. The highest BCUT2D eigenvalue weighted by atomic mass is 17.2. The molecule has 1 heterocycles. The molecule has 0 unspecified atom stereocenters. The topological polar surface area (TPSA) is 45.6 Å². The number of likely N-dealkylation sites (tertiary alicyclic amines) is 1. The molecule has 1 aliphatic heterocycles. The molecule has 4 nitrogen and oxygen atoms in total. The van der Waals surface area contributed by atoms with Crippen molar-refractivity contribution in [3.8, 4) is 0 Å². The summed E-state index contributed by atoms with van der Waals surface area (Å²) in [7, 11) is 0. The Morgan fingerprint density at radius 2 is 2.00 bits per heavy atom. The predicted molar refractivity (Wildman–Crippen MR) is 55.3 cm³/mol. The quantitative estimate of drug-likeness (QED) is 0.247. The minimum Gasteiger partial charge on any atom is -0.361 e. The van der Waals surface area contributed by atoms with E-state index in [1.54, 1.807) is 0 Å². The largest absolute Gasteiger partial charge is 0.361 e. The Labute approximate surface area is 85.6 Å². The third kappa shape index (κ3) is 3.64. The highest BCUT2D eigenvalue weighted by Crippen LogP contribution is 2.17. The van der Waals surface area contributed by atoms with Crippen LogP contribution in [0.15, 0.2) is 0 Å². The summed E-state index contributed by atoms with van der Waals surface area (Å²) in [5.41, 5.74) is 0. The van der Waals surface area contributed by atoms with Crippen LogP contribution in [-0.4, -0.2) is 37.0 Å². The highest BCUT2D eigenvalue weighted by molar-refractivity contribution is 5.76. The van der Waals surface area contributed by atoms with Crippen molar-refractivity contribution in [2.45, 2.75) is 26.7 Å². The van der Waals surface area contributed by atoms with E-state index in [2.05, 4.69) is 4.90 Å². The SMILES string of the molecule is CCOOCC1CCN(C(C)=N)CC1. The number of nitrogens with zero attached hydrogens (tertiary/aromatic N) is 1. The molecule has 0 saturated carbocycles. The maximum atomic E-state index is 7.49. The average Bonchev–Trinajstić information content (AvgIpc) is 2.19. The van der Waals surface area contributed by atoms with Crippen molar-refractivity contribution in [1.29, 1.82) is 5.41 Å². The molecule has 1 fully saturated rings. The van der Waals surface area contributed by atoms with Gasteiger partial charge in [-0.2, -0.15) is 0 Å². The maximum absolute atomic E-state index is 7.49. The number of hydrogen-bond acceptors (Lipinski definition) is 3. The monoisotopic (exact) mass is 200 g/mol. The number of hydrogen-bond donors (Lipinski definition) is 1. The average molecular weight is 200 g/mol. The van der Waals surface area contributed by atoms with Crippen molar-refractivity contribution < 1.29 is 9.78 Å². The number of rotatable bonds is 4. The fourth-order valence-corrected chi connectivity index (χ4v) is 1.66. The van der Waals surface area contributed by atoms with Crippen LogP contribution in [0.3, 0.4) is 0 Å². The summed E-state index contributed by atoms with van der Waals surface area (Å²) >= 11 is 0. The first kappa shape index (κ1) is 11.5. The van der Waals surface area contributed by atoms with Gasteiger partial charge in [0.15, 0.2) is 0 Å². The summed E-state index contributed by atoms with van der Waals surface area (Å²) in [5, 5.41) is 7.49. The standard InChI is InChI=1S/C10H20N2O2/c1-3-13-14-8-10-4-6-12(7-5-10)9(2)11/h10-11H,3-8H2,1-2H3. The van der Waals surface area contributed by atoms with Crippen LogP contribution in [0.25, 0.3) is 0 Å². The van der Waals surface area contributed by atoms with Crippen LogP contribution >= 0.6 is 0 Å². The number of piperidine rings is 1. The molecule has 0 aromatic heterocycles. The molecule has 1 rings (SSSR count). The van der Waals surface area contributed by atoms with Gasteiger partial charge in [-0.3, -0.25) is 5.41 Å². The van der Waals surface area contributed by atoms with Crippen LogP contribution in [0, 0.1) is 11.3 Å². The zero-order valence-corrected chi connectivity index (χ0v) is 9.08. The minimum absolute atomic E-state index is 0.595. The van der Waals surface area contributed by atoms with Gasteiger partial charge in [0.1, 0.15) is 0 Å². The first-order chi connectivity index (χ1) is 6.74. The lowest BCUT2D eigenvalue weighted by molar-refractivity contribution is -0.299. The van der Waals surface area contributed by atoms with Gasteiger partial charge in [0.05, 0.1) is 19.0 Å². The maximum Gasteiger partial charge on any atom is 0.0925 e. The van der Waals surface area contributed by atoms with Gasteiger partial charge < -0.3 is 4.90 Å². The number of nitrogens with one attached hydrogen (secondary N) is 1. The van der Waals surface area contributed by atoms with Crippen LogP contribution < -0.4 is 0 Å². The van der Waals surface area contributed by atoms with Gasteiger partial charge in [-0.05, 0) is 32.6 Å². The summed E-state index contributed by atoms with van der Waals surface area (Å²) in [4.78, 5) is 12.0. The summed E-state index contributed by atoms with van der Waals surface area (Å²) < 4.78 is 0. The summed E-state index contributed by atoms with van der Waals surface area (Å²) in [5.74, 6) is 1.27. The van der Waals surface area contributed by atoms with Crippen LogP contribution in [0.4, 0.5) is 0 Å². The lowest BCUT2D eigenvalue weighted by Crippen LogP contribution is -2.37. The van der Waals surface area contributed by atoms with Crippen molar-refractivity contribution in [3.63, 3.8) is 0 Å². The Morgan fingerprint density at radius 3 is 2.50 bits per heavy atom. The third-order valence-corrected chi connectivity index (χ3v) is 2.59. The van der Waals surface area contributed by atoms with Crippen LogP contribution in [0.2, 0.25) is 0 Å². The number of amidine groups is 1. The minimum atomic E-state index is 0.595. The van der Waals surface area contributed by atoms with Crippen molar-refractivity contribution in [2.24, 2.45) is 5.92 Å². The second kappa shape index (κ2) is 5.98.